The lowest BCUT2D eigenvalue weighted by Crippen LogP contribution is -2.35. The van der Waals surface area contributed by atoms with E-state index in [2.05, 4.69) is 4.72 Å². The Morgan fingerprint density at radius 2 is 1.62 bits per heavy atom. The van der Waals surface area contributed by atoms with Gasteiger partial charge in [0.2, 0.25) is 10.0 Å². The van der Waals surface area contributed by atoms with Crippen molar-refractivity contribution in [2.45, 2.75) is 69.7 Å². The summed E-state index contributed by atoms with van der Waals surface area (Å²) in [6.07, 6.45) is 7.74. The lowest BCUT2D eigenvalue weighted by Gasteiger charge is -2.22. The zero-order valence-corrected chi connectivity index (χ0v) is 13.8. The molecule has 0 aromatic heterocycles. The molecule has 1 aromatic carbocycles. The molecule has 0 saturated heterocycles. The number of sulfonamides is 1. The zero-order chi connectivity index (χ0) is 15.5. The van der Waals surface area contributed by atoms with Crippen LogP contribution in [-0.4, -0.2) is 14.5 Å². The molecule has 5 heteroatoms. The fraction of sp³-hybridized carbons (Fsp3) is 0.625. The van der Waals surface area contributed by atoms with Gasteiger partial charge in [0.25, 0.3) is 0 Å². The predicted molar refractivity (Wildman–Crippen MR) is 86.8 cm³/mol. The molecule has 21 heavy (non-hydrogen) atoms. The average molecular weight is 310 g/mol. The number of nitrogens with two attached hydrogens (primary N) is 1. The van der Waals surface area contributed by atoms with Gasteiger partial charge in [0, 0.05) is 11.7 Å². The standard InChI is InChI=1S/C16H26N2O2S/c1-12-10-15(17)13(2)16(11-12)21(19,20)18-14-8-6-4-3-5-7-9-14/h10-11,14,18H,3-9,17H2,1-2H3. The minimum Gasteiger partial charge on any atom is -0.398 e. The Morgan fingerprint density at radius 1 is 1.05 bits per heavy atom. The van der Waals surface area contributed by atoms with Gasteiger partial charge in [0.15, 0.2) is 0 Å². The second-order valence-corrected chi connectivity index (χ2v) is 7.82. The van der Waals surface area contributed by atoms with Crippen molar-refractivity contribution in [3.05, 3.63) is 23.3 Å². The highest BCUT2D eigenvalue weighted by Crippen LogP contribution is 2.25. The molecule has 0 spiro atoms. The summed E-state index contributed by atoms with van der Waals surface area (Å²) in [4.78, 5) is 0.321. The molecule has 1 aromatic rings. The number of benzene rings is 1. The smallest absolute Gasteiger partial charge is 0.241 e. The highest BCUT2D eigenvalue weighted by Gasteiger charge is 2.23. The molecule has 1 fully saturated rings. The summed E-state index contributed by atoms with van der Waals surface area (Å²) in [7, 11) is -3.49. The van der Waals surface area contributed by atoms with Crippen LogP contribution in [0.2, 0.25) is 0 Å². The van der Waals surface area contributed by atoms with Gasteiger partial charge < -0.3 is 5.73 Å². The Hall–Kier alpha value is -1.07. The van der Waals surface area contributed by atoms with E-state index in [1.165, 1.54) is 19.3 Å². The van der Waals surface area contributed by atoms with Crippen LogP contribution < -0.4 is 10.5 Å². The van der Waals surface area contributed by atoms with Gasteiger partial charge in [-0.25, -0.2) is 13.1 Å². The highest BCUT2D eigenvalue weighted by atomic mass is 32.2. The third kappa shape index (κ3) is 4.20. The number of anilines is 1. The first-order valence-electron chi connectivity index (χ1n) is 7.79. The van der Waals surface area contributed by atoms with Gasteiger partial charge in [-0.3, -0.25) is 0 Å². The maximum atomic E-state index is 12.7. The van der Waals surface area contributed by atoms with Crippen LogP contribution in [0.15, 0.2) is 17.0 Å². The quantitative estimate of drug-likeness (QED) is 0.842. The fourth-order valence-corrected chi connectivity index (χ4v) is 4.65. The maximum Gasteiger partial charge on any atom is 0.241 e. The van der Waals surface area contributed by atoms with Crippen LogP contribution >= 0.6 is 0 Å². The number of nitrogens with one attached hydrogen (secondary N) is 1. The molecule has 0 atom stereocenters. The van der Waals surface area contributed by atoms with E-state index in [0.717, 1.165) is 31.2 Å². The molecular weight excluding hydrogens is 284 g/mol. The average Bonchev–Trinajstić information content (AvgIpc) is 2.36. The summed E-state index contributed by atoms with van der Waals surface area (Å²) in [5, 5.41) is 0. The number of nitrogen functional groups attached to an aromatic ring is 1. The first-order chi connectivity index (χ1) is 9.90. The topological polar surface area (TPSA) is 72.2 Å². The second kappa shape index (κ2) is 6.79. The summed E-state index contributed by atoms with van der Waals surface area (Å²) < 4.78 is 28.2. The van der Waals surface area contributed by atoms with Crippen molar-refractivity contribution in [2.75, 3.05) is 5.73 Å². The van der Waals surface area contributed by atoms with Crippen molar-refractivity contribution in [3.8, 4) is 0 Å². The Morgan fingerprint density at radius 3 is 2.24 bits per heavy atom. The SMILES string of the molecule is Cc1cc(N)c(C)c(S(=O)(=O)NC2CCCCCCC2)c1. The normalized spacial score (nSPS) is 18.2. The van der Waals surface area contributed by atoms with Crippen molar-refractivity contribution in [3.63, 3.8) is 0 Å². The van der Waals surface area contributed by atoms with Gasteiger partial charge in [0.05, 0.1) is 4.90 Å². The van der Waals surface area contributed by atoms with E-state index in [1.807, 2.05) is 13.0 Å². The van der Waals surface area contributed by atoms with Crippen LogP contribution in [0.25, 0.3) is 0 Å². The third-order valence-corrected chi connectivity index (χ3v) is 5.91. The van der Waals surface area contributed by atoms with Crippen LogP contribution in [0, 0.1) is 13.8 Å². The molecule has 0 radical (unpaired) electrons. The first kappa shape index (κ1) is 16.3. The maximum absolute atomic E-state index is 12.7. The molecule has 1 saturated carbocycles. The monoisotopic (exact) mass is 310 g/mol. The van der Waals surface area contributed by atoms with Crippen LogP contribution in [0.4, 0.5) is 5.69 Å². The molecule has 0 aliphatic heterocycles. The summed E-state index contributed by atoms with van der Waals surface area (Å²) in [5.41, 5.74) is 7.95. The molecule has 0 unspecified atom stereocenters. The molecule has 0 heterocycles. The summed E-state index contributed by atoms with van der Waals surface area (Å²) in [6, 6.07) is 3.57. The Labute approximate surface area is 128 Å². The molecule has 1 aliphatic carbocycles. The van der Waals surface area contributed by atoms with Gasteiger partial charge in [-0.05, 0) is 49.9 Å². The van der Waals surface area contributed by atoms with E-state index < -0.39 is 10.0 Å². The predicted octanol–water partition coefficient (Wildman–Crippen LogP) is 3.28. The fourth-order valence-electron chi connectivity index (χ4n) is 2.99. The van der Waals surface area contributed by atoms with E-state index in [-0.39, 0.29) is 6.04 Å². The van der Waals surface area contributed by atoms with Gasteiger partial charge in [0.1, 0.15) is 0 Å². The minimum atomic E-state index is -3.49. The lowest BCUT2D eigenvalue weighted by atomic mass is 9.97. The van der Waals surface area contributed by atoms with Crippen molar-refractivity contribution in [1.29, 1.82) is 0 Å². The van der Waals surface area contributed by atoms with Crippen molar-refractivity contribution >= 4 is 15.7 Å². The minimum absolute atomic E-state index is 0.0523. The molecule has 3 N–H and O–H groups in total. The van der Waals surface area contributed by atoms with E-state index >= 15 is 0 Å². The number of aryl methyl sites for hydroxylation is 1. The van der Waals surface area contributed by atoms with Gasteiger partial charge in [-0.2, -0.15) is 0 Å². The van der Waals surface area contributed by atoms with Crippen LogP contribution in [0.3, 0.4) is 0 Å². The molecular formula is C16H26N2O2S. The molecule has 2 rings (SSSR count). The van der Waals surface area contributed by atoms with Gasteiger partial charge in [-0.15, -0.1) is 0 Å². The summed E-state index contributed by atoms with van der Waals surface area (Å²) >= 11 is 0. The molecule has 4 nitrogen and oxygen atoms in total. The molecule has 0 amide bonds. The van der Waals surface area contributed by atoms with Crippen molar-refractivity contribution in [1.82, 2.24) is 4.72 Å². The molecule has 0 bridgehead atoms. The van der Waals surface area contributed by atoms with Crippen molar-refractivity contribution < 1.29 is 8.42 Å². The van der Waals surface area contributed by atoms with Gasteiger partial charge in [-0.1, -0.05) is 32.1 Å². The number of hydrogen-bond acceptors (Lipinski definition) is 3. The Balaban J connectivity index is 2.21. The third-order valence-electron chi connectivity index (χ3n) is 4.26. The van der Waals surface area contributed by atoms with Crippen molar-refractivity contribution in [2.24, 2.45) is 0 Å². The van der Waals surface area contributed by atoms with Crippen LogP contribution in [0.5, 0.6) is 0 Å². The van der Waals surface area contributed by atoms with Gasteiger partial charge >= 0.3 is 0 Å². The van der Waals surface area contributed by atoms with E-state index in [1.54, 1.807) is 13.0 Å². The number of hydrogen-bond donors (Lipinski definition) is 2. The number of rotatable bonds is 3. The summed E-state index contributed by atoms with van der Waals surface area (Å²) in [6.45, 7) is 3.63. The van der Waals surface area contributed by atoms with E-state index in [4.69, 9.17) is 5.73 Å². The Kier molecular flexibility index (Phi) is 5.27. The second-order valence-electron chi connectivity index (χ2n) is 6.14. The van der Waals surface area contributed by atoms with Crippen LogP contribution in [-0.2, 0) is 10.0 Å². The zero-order valence-electron chi connectivity index (χ0n) is 13.0. The lowest BCUT2D eigenvalue weighted by molar-refractivity contribution is 0.426. The first-order valence-corrected chi connectivity index (χ1v) is 9.27. The highest BCUT2D eigenvalue weighted by molar-refractivity contribution is 7.89. The molecule has 1 aliphatic rings. The van der Waals surface area contributed by atoms with E-state index in [9.17, 15) is 8.42 Å². The molecule has 118 valence electrons. The van der Waals surface area contributed by atoms with E-state index in [0.29, 0.717) is 16.1 Å². The Bertz CT molecular complexity index is 589. The largest absolute Gasteiger partial charge is 0.398 e. The van der Waals surface area contributed by atoms with Crippen LogP contribution in [0.1, 0.15) is 56.1 Å². The summed E-state index contributed by atoms with van der Waals surface area (Å²) in [5.74, 6) is 0.